The van der Waals surface area contributed by atoms with Gasteiger partial charge in [0, 0.05) is 29.2 Å². The first-order chi connectivity index (χ1) is 11.7. The minimum atomic E-state index is -0.0456. The highest BCUT2D eigenvalue weighted by molar-refractivity contribution is 5.86. The number of para-hydroxylation sites is 1. The van der Waals surface area contributed by atoms with E-state index in [0.29, 0.717) is 12.0 Å². The molecular formula is C20H22N2O2. The van der Waals surface area contributed by atoms with Gasteiger partial charge in [-0.3, -0.25) is 9.69 Å². The third kappa shape index (κ3) is 1.69. The Morgan fingerprint density at radius 2 is 2.21 bits per heavy atom. The van der Waals surface area contributed by atoms with Crippen molar-refractivity contribution in [3.8, 4) is 0 Å². The van der Waals surface area contributed by atoms with Gasteiger partial charge in [0.05, 0.1) is 19.1 Å². The number of ether oxygens (including phenoxy) is 1. The van der Waals surface area contributed by atoms with Gasteiger partial charge in [0.25, 0.3) is 0 Å². The van der Waals surface area contributed by atoms with Crippen LogP contribution in [-0.2, 0) is 16.0 Å². The van der Waals surface area contributed by atoms with E-state index in [0.717, 1.165) is 19.4 Å². The van der Waals surface area contributed by atoms with E-state index < -0.39 is 0 Å². The van der Waals surface area contributed by atoms with Crippen molar-refractivity contribution in [2.24, 2.45) is 11.8 Å². The Balaban J connectivity index is 1.67. The summed E-state index contributed by atoms with van der Waals surface area (Å²) in [6.45, 7) is 3.08. The first-order valence-electron chi connectivity index (χ1n) is 8.81. The van der Waals surface area contributed by atoms with Crippen molar-refractivity contribution in [1.29, 1.82) is 0 Å². The van der Waals surface area contributed by atoms with E-state index in [1.165, 1.54) is 34.8 Å². The zero-order chi connectivity index (χ0) is 16.4. The number of benzene rings is 1. The molecule has 3 saturated heterocycles. The van der Waals surface area contributed by atoms with E-state index in [-0.39, 0.29) is 17.9 Å². The van der Waals surface area contributed by atoms with Crippen LogP contribution in [0.3, 0.4) is 0 Å². The number of nitrogens with zero attached hydrogens (tertiary/aromatic N) is 1. The number of carbonyl (C=O) groups excluding carboxylic acids is 1. The number of methoxy groups -OCH3 is 1. The van der Waals surface area contributed by atoms with Gasteiger partial charge in [-0.05, 0) is 37.3 Å². The van der Waals surface area contributed by atoms with Crippen LogP contribution in [-0.4, -0.2) is 35.5 Å². The Bertz CT molecular complexity index is 866. The zero-order valence-corrected chi connectivity index (χ0v) is 14.1. The summed E-state index contributed by atoms with van der Waals surface area (Å²) in [5, 5.41) is 1.32. The molecule has 3 fully saturated rings. The van der Waals surface area contributed by atoms with Gasteiger partial charge in [-0.2, -0.15) is 0 Å². The topological polar surface area (TPSA) is 45.3 Å². The fourth-order valence-corrected chi connectivity index (χ4v) is 5.39. The van der Waals surface area contributed by atoms with Crippen LogP contribution in [0.1, 0.15) is 30.6 Å². The van der Waals surface area contributed by atoms with Crippen molar-refractivity contribution in [3.63, 3.8) is 0 Å². The van der Waals surface area contributed by atoms with Crippen LogP contribution in [0.2, 0.25) is 0 Å². The van der Waals surface area contributed by atoms with E-state index in [2.05, 4.69) is 47.1 Å². The molecule has 4 heteroatoms. The summed E-state index contributed by atoms with van der Waals surface area (Å²) in [6.07, 6.45) is 4.15. The fraction of sp³-hybridized carbons (Fsp3) is 0.450. The average Bonchev–Trinajstić information content (AvgIpc) is 2.99. The summed E-state index contributed by atoms with van der Waals surface area (Å²) in [4.78, 5) is 18.8. The quantitative estimate of drug-likeness (QED) is 0.648. The number of esters is 1. The number of piperidine rings is 3. The van der Waals surface area contributed by atoms with Gasteiger partial charge in [0.15, 0.2) is 0 Å². The standard InChI is InChI=1S/C20H22N2O2/c1-3-11-10-22-16-9-14-12-6-4-5-7-15(12)21-19(14)17(22)8-13(11)18(16)20(23)24-2/h3-7,13,16-18,21H,8-10H2,1-2H3/b11-3-/t13-,16-,17+,18-/m1/s1. The molecule has 1 aromatic heterocycles. The Morgan fingerprint density at radius 1 is 1.38 bits per heavy atom. The first kappa shape index (κ1) is 14.3. The number of hydrogen-bond acceptors (Lipinski definition) is 3. The predicted octanol–water partition coefficient (Wildman–Crippen LogP) is 3.20. The van der Waals surface area contributed by atoms with Crippen molar-refractivity contribution >= 4 is 16.9 Å². The largest absolute Gasteiger partial charge is 0.469 e. The molecule has 2 aromatic rings. The number of carbonyl (C=O) groups is 1. The predicted molar refractivity (Wildman–Crippen MR) is 92.6 cm³/mol. The van der Waals surface area contributed by atoms with Gasteiger partial charge in [-0.15, -0.1) is 0 Å². The van der Waals surface area contributed by atoms with Gasteiger partial charge in [0.1, 0.15) is 0 Å². The highest BCUT2D eigenvalue weighted by Gasteiger charge is 2.55. The maximum Gasteiger partial charge on any atom is 0.310 e. The van der Waals surface area contributed by atoms with Crippen molar-refractivity contribution in [3.05, 3.63) is 47.2 Å². The number of fused-ring (bicyclic) bond motifs is 4. The number of H-pyrrole nitrogens is 1. The molecule has 0 spiro atoms. The number of aromatic amines is 1. The van der Waals surface area contributed by atoms with Crippen LogP contribution >= 0.6 is 0 Å². The molecule has 0 radical (unpaired) electrons. The van der Waals surface area contributed by atoms with Crippen molar-refractivity contribution in [1.82, 2.24) is 9.88 Å². The smallest absolute Gasteiger partial charge is 0.310 e. The lowest BCUT2D eigenvalue weighted by Crippen LogP contribution is -2.62. The lowest BCUT2D eigenvalue weighted by molar-refractivity contribution is -0.157. The second kappa shape index (κ2) is 4.96. The van der Waals surface area contributed by atoms with Gasteiger partial charge in [0.2, 0.25) is 0 Å². The Morgan fingerprint density at radius 3 is 3.00 bits per heavy atom. The van der Waals surface area contributed by atoms with Crippen LogP contribution in [0.25, 0.3) is 10.9 Å². The van der Waals surface area contributed by atoms with E-state index in [1.54, 1.807) is 0 Å². The fourth-order valence-electron chi connectivity index (χ4n) is 5.39. The van der Waals surface area contributed by atoms with Crippen molar-refractivity contribution in [2.75, 3.05) is 13.7 Å². The summed E-state index contributed by atoms with van der Waals surface area (Å²) in [5.74, 6) is 0.241. The molecule has 1 N–H and O–H groups in total. The van der Waals surface area contributed by atoms with Gasteiger partial charge in [-0.25, -0.2) is 0 Å². The third-order valence-corrected chi connectivity index (χ3v) is 6.43. The average molecular weight is 322 g/mol. The number of aromatic nitrogens is 1. The number of allylic oxidation sites excluding steroid dienone is 1. The first-order valence-corrected chi connectivity index (χ1v) is 8.81. The number of hydrogen-bond donors (Lipinski definition) is 1. The summed E-state index contributed by atoms with van der Waals surface area (Å²) in [5.41, 5.74) is 5.40. The Hall–Kier alpha value is -2.07. The lowest BCUT2D eigenvalue weighted by Gasteiger charge is -2.57. The normalized spacial score (nSPS) is 35.2. The maximum absolute atomic E-state index is 12.5. The van der Waals surface area contributed by atoms with Crippen LogP contribution in [0.15, 0.2) is 35.9 Å². The molecule has 0 saturated carbocycles. The number of nitrogens with one attached hydrogen (secondary N) is 1. The molecule has 4 aliphatic rings. The second-order valence-corrected chi connectivity index (χ2v) is 7.28. The van der Waals surface area contributed by atoms with E-state index in [9.17, 15) is 4.79 Å². The molecule has 0 amide bonds. The second-order valence-electron chi connectivity index (χ2n) is 7.28. The highest BCUT2D eigenvalue weighted by Crippen LogP contribution is 2.54. The molecule has 5 atom stereocenters. The zero-order valence-electron chi connectivity index (χ0n) is 14.1. The third-order valence-electron chi connectivity index (χ3n) is 6.43. The minimum absolute atomic E-state index is 0.0342. The molecule has 1 aromatic carbocycles. The van der Waals surface area contributed by atoms with Crippen LogP contribution in [0, 0.1) is 11.8 Å². The van der Waals surface area contributed by atoms with Crippen molar-refractivity contribution in [2.45, 2.75) is 31.8 Å². The van der Waals surface area contributed by atoms with Gasteiger partial charge in [-0.1, -0.05) is 29.8 Å². The maximum atomic E-state index is 12.5. The summed E-state index contributed by atoms with van der Waals surface area (Å²) in [6, 6.07) is 9.20. The molecule has 4 nitrogen and oxygen atoms in total. The Kier molecular flexibility index (Phi) is 2.95. The monoisotopic (exact) mass is 322 g/mol. The van der Waals surface area contributed by atoms with Crippen molar-refractivity contribution < 1.29 is 9.53 Å². The SMILES string of the molecule is C/C=C1/CN2[C@@H]3Cc4c([nH]c5ccccc45)[C@@H]2C[C@H]1[C@H]3C(=O)OC. The van der Waals surface area contributed by atoms with Crippen LogP contribution in [0.5, 0.6) is 0 Å². The number of rotatable bonds is 1. The van der Waals surface area contributed by atoms with E-state index in [4.69, 9.17) is 4.74 Å². The lowest BCUT2D eigenvalue weighted by atomic mass is 9.64. The highest BCUT2D eigenvalue weighted by atomic mass is 16.5. The molecule has 6 rings (SSSR count). The molecule has 5 heterocycles. The van der Waals surface area contributed by atoms with E-state index in [1.807, 2.05) is 0 Å². The summed E-state index contributed by atoms with van der Waals surface area (Å²) < 4.78 is 5.18. The molecule has 124 valence electrons. The summed E-state index contributed by atoms with van der Waals surface area (Å²) in [7, 11) is 1.52. The van der Waals surface area contributed by atoms with Crippen LogP contribution < -0.4 is 0 Å². The molecule has 24 heavy (non-hydrogen) atoms. The molecule has 0 aliphatic carbocycles. The molecule has 4 aliphatic heterocycles. The molecule has 1 unspecified atom stereocenters. The summed E-state index contributed by atoms with van der Waals surface area (Å²) >= 11 is 0. The van der Waals surface area contributed by atoms with Gasteiger partial charge >= 0.3 is 5.97 Å². The van der Waals surface area contributed by atoms with Crippen LogP contribution in [0.4, 0.5) is 0 Å². The molecular weight excluding hydrogens is 300 g/mol. The molecule has 4 bridgehead atoms. The Labute approximate surface area is 141 Å². The van der Waals surface area contributed by atoms with E-state index >= 15 is 0 Å². The van der Waals surface area contributed by atoms with Gasteiger partial charge < -0.3 is 9.72 Å². The minimum Gasteiger partial charge on any atom is -0.469 e.